The van der Waals surface area contributed by atoms with Crippen molar-refractivity contribution < 1.29 is 9.50 Å². The zero-order chi connectivity index (χ0) is 26.1. The Kier molecular flexibility index (Phi) is 7.60. The fraction of sp³-hybridized carbons (Fsp3) is 0.517. The van der Waals surface area contributed by atoms with Gasteiger partial charge in [0.2, 0.25) is 0 Å². The lowest BCUT2D eigenvalue weighted by molar-refractivity contribution is 0.176. The summed E-state index contributed by atoms with van der Waals surface area (Å²) in [5.74, 6) is -0.215. The topological polar surface area (TPSA) is 87.6 Å². The van der Waals surface area contributed by atoms with Gasteiger partial charge in [-0.1, -0.05) is 6.92 Å². The van der Waals surface area contributed by atoms with E-state index in [0.717, 1.165) is 42.5 Å². The Morgan fingerprint density at radius 3 is 2.70 bits per heavy atom. The first kappa shape index (κ1) is 25.8. The Bertz CT molecular complexity index is 1320. The Balaban J connectivity index is 1.54. The number of aryl methyl sites for hydroxylation is 1. The van der Waals surface area contributed by atoms with Gasteiger partial charge in [-0.15, -0.1) is 0 Å². The van der Waals surface area contributed by atoms with Crippen LogP contribution in [0.3, 0.4) is 0 Å². The van der Waals surface area contributed by atoms with Gasteiger partial charge < -0.3 is 20.3 Å². The first-order valence-electron chi connectivity index (χ1n) is 13.5. The van der Waals surface area contributed by atoms with Crippen molar-refractivity contribution in [2.24, 2.45) is 11.7 Å². The van der Waals surface area contributed by atoms with E-state index in [4.69, 9.17) is 5.73 Å². The first-order chi connectivity index (χ1) is 17.9. The molecule has 0 spiro atoms. The maximum atomic E-state index is 15.4. The third-order valence-electron chi connectivity index (χ3n) is 7.98. The van der Waals surface area contributed by atoms with E-state index in [1.54, 1.807) is 0 Å². The molecule has 1 saturated heterocycles. The van der Waals surface area contributed by atoms with Crippen molar-refractivity contribution in [3.05, 3.63) is 69.5 Å². The minimum atomic E-state index is -0.375. The lowest BCUT2D eigenvalue weighted by Gasteiger charge is -2.30. The number of anilines is 1. The highest BCUT2D eigenvalue weighted by atomic mass is 19.1. The van der Waals surface area contributed by atoms with Crippen molar-refractivity contribution in [2.45, 2.75) is 64.7 Å². The number of pyridine rings is 2. The number of aliphatic hydroxyl groups excluding tert-OH is 1. The first-order valence-corrected chi connectivity index (χ1v) is 13.5. The van der Waals surface area contributed by atoms with Gasteiger partial charge in [0.1, 0.15) is 5.82 Å². The molecule has 1 aromatic carbocycles. The van der Waals surface area contributed by atoms with Gasteiger partial charge in [0.05, 0.1) is 11.2 Å². The van der Waals surface area contributed by atoms with Crippen LogP contribution in [0.25, 0.3) is 10.9 Å². The largest absolute Gasteiger partial charge is 0.396 e. The van der Waals surface area contributed by atoms with Crippen LogP contribution < -0.4 is 16.1 Å². The van der Waals surface area contributed by atoms with Crippen LogP contribution in [0.4, 0.5) is 10.1 Å². The molecule has 0 bridgehead atoms. The Morgan fingerprint density at radius 1 is 1.24 bits per heavy atom. The van der Waals surface area contributed by atoms with E-state index in [9.17, 15) is 9.90 Å². The van der Waals surface area contributed by atoms with Crippen molar-refractivity contribution in [3.8, 4) is 0 Å². The molecule has 2 aliphatic rings. The molecule has 0 radical (unpaired) electrons. The molecule has 5 rings (SSSR count). The quantitative estimate of drug-likeness (QED) is 0.435. The van der Waals surface area contributed by atoms with Gasteiger partial charge in [-0.3, -0.25) is 14.7 Å². The molecule has 2 atom stereocenters. The standard InChI is InChI=1S/C29H38FN5O2/c1-3-23(13-31)34(14-20-6-8-32-19(2)10-20)16-22-17-35(24-4-5-24)27-12-28(26(30)11-25(27)29(22)37)33-9-7-21(15-33)18-36/h6,8,10-12,17,21,23-24,36H,3-5,7,9,13-16,18,31H2,1-2H3. The van der Waals surface area contributed by atoms with Crippen LogP contribution in [0.5, 0.6) is 0 Å². The van der Waals surface area contributed by atoms with Gasteiger partial charge in [0.15, 0.2) is 5.43 Å². The number of halogens is 1. The molecule has 2 aromatic heterocycles. The van der Waals surface area contributed by atoms with E-state index in [1.807, 2.05) is 36.4 Å². The molecular weight excluding hydrogens is 469 g/mol. The van der Waals surface area contributed by atoms with Gasteiger partial charge in [0.25, 0.3) is 0 Å². The maximum Gasteiger partial charge on any atom is 0.193 e. The normalized spacial score (nSPS) is 18.8. The molecule has 1 aliphatic heterocycles. The van der Waals surface area contributed by atoms with E-state index in [0.29, 0.717) is 55.4 Å². The van der Waals surface area contributed by atoms with Gasteiger partial charge in [-0.2, -0.15) is 0 Å². The molecule has 3 aromatic rings. The molecule has 7 nitrogen and oxygen atoms in total. The molecule has 2 fully saturated rings. The van der Waals surface area contributed by atoms with Crippen LogP contribution in [-0.4, -0.2) is 51.8 Å². The van der Waals surface area contributed by atoms with Crippen molar-refractivity contribution >= 4 is 16.6 Å². The van der Waals surface area contributed by atoms with Crippen LogP contribution in [0, 0.1) is 18.7 Å². The van der Waals surface area contributed by atoms with E-state index in [-0.39, 0.29) is 29.8 Å². The molecule has 2 unspecified atom stereocenters. The summed E-state index contributed by atoms with van der Waals surface area (Å²) in [7, 11) is 0. The highest BCUT2D eigenvalue weighted by Gasteiger charge is 2.29. The second-order valence-corrected chi connectivity index (χ2v) is 10.7. The monoisotopic (exact) mass is 507 g/mol. The molecule has 3 heterocycles. The summed E-state index contributed by atoms with van der Waals surface area (Å²) in [5, 5.41) is 9.97. The number of fused-ring (bicyclic) bond motifs is 1. The van der Waals surface area contributed by atoms with E-state index in [1.165, 1.54) is 6.07 Å². The van der Waals surface area contributed by atoms with Crippen LogP contribution in [0.1, 0.15) is 55.5 Å². The number of benzene rings is 1. The highest BCUT2D eigenvalue weighted by molar-refractivity contribution is 5.84. The zero-order valence-electron chi connectivity index (χ0n) is 21.9. The number of hydrogen-bond donors (Lipinski definition) is 2. The van der Waals surface area contributed by atoms with Crippen molar-refractivity contribution in [3.63, 3.8) is 0 Å². The summed E-state index contributed by atoms with van der Waals surface area (Å²) < 4.78 is 17.6. The smallest absolute Gasteiger partial charge is 0.193 e. The number of nitrogens with two attached hydrogens (primary N) is 1. The number of nitrogens with zero attached hydrogens (tertiary/aromatic N) is 4. The predicted molar refractivity (Wildman–Crippen MR) is 145 cm³/mol. The molecule has 198 valence electrons. The predicted octanol–water partition coefficient (Wildman–Crippen LogP) is 3.74. The lowest BCUT2D eigenvalue weighted by atomic mass is 10.1. The molecule has 0 amide bonds. The Labute approximate surface area is 217 Å². The molecular formula is C29H38FN5O2. The summed E-state index contributed by atoms with van der Waals surface area (Å²) in [6, 6.07) is 7.79. The minimum absolute atomic E-state index is 0.110. The minimum Gasteiger partial charge on any atom is -0.396 e. The van der Waals surface area contributed by atoms with E-state index >= 15 is 4.39 Å². The van der Waals surface area contributed by atoms with Crippen LogP contribution in [-0.2, 0) is 13.1 Å². The SMILES string of the molecule is CCC(CN)N(Cc1ccnc(C)c1)Cc1cn(C2CC2)c2cc(N3CCC(CO)C3)c(F)cc2c1=O. The second kappa shape index (κ2) is 10.9. The Hall–Kier alpha value is -2.81. The zero-order valence-corrected chi connectivity index (χ0v) is 21.9. The summed E-state index contributed by atoms with van der Waals surface area (Å²) in [4.78, 5) is 22.3. The van der Waals surface area contributed by atoms with Crippen LogP contribution in [0.15, 0.2) is 41.5 Å². The molecule has 8 heteroatoms. The molecule has 37 heavy (non-hydrogen) atoms. The van der Waals surface area contributed by atoms with Crippen molar-refractivity contribution in [1.29, 1.82) is 0 Å². The molecule has 3 N–H and O–H groups in total. The average Bonchev–Trinajstić information content (AvgIpc) is 3.62. The second-order valence-electron chi connectivity index (χ2n) is 10.7. The number of rotatable bonds is 10. The fourth-order valence-corrected chi connectivity index (χ4v) is 5.67. The van der Waals surface area contributed by atoms with Gasteiger partial charge in [0, 0.05) is 86.4 Å². The molecule has 1 aliphatic carbocycles. The summed E-state index contributed by atoms with van der Waals surface area (Å²) in [6.07, 6.45) is 7.63. The third kappa shape index (κ3) is 5.42. The van der Waals surface area contributed by atoms with Crippen LogP contribution >= 0.6 is 0 Å². The Morgan fingerprint density at radius 2 is 2.05 bits per heavy atom. The average molecular weight is 508 g/mol. The van der Waals surface area contributed by atoms with Gasteiger partial charge in [-0.05, 0) is 62.4 Å². The van der Waals surface area contributed by atoms with E-state index in [2.05, 4.69) is 27.4 Å². The van der Waals surface area contributed by atoms with Crippen molar-refractivity contribution in [2.75, 3.05) is 31.1 Å². The van der Waals surface area contributed by atoms with E-state index < -0.39 is 0 Å². The van der Waals surface area contributed by atoms with Crippen LogP contribution in [0.2, 0.25) is 0 Å². The van der Waals surface area contributed by atoms with Gasteiger partial charge >= 0.3 is 0 Å². The lowest BCUT2D eigenvalue weighted by Crippen LogP contribution is -2.40. The number of aromatic nitrogens is 2. The molecule has 1 saturated carbocycles. The number of aliphatic hydroxyl groups is 1. The maximum absolute atomic E-state index is 15.4. The third-order valence-corrected chi connectivity index (χ3v) is 7.98. The summed E-state index contributed by atoms with van der Waals surface area (Å²) >= 11 is 0. The fourth-order valence-electron chi connectivity index (χ4n) is 5.67. The summed E-state index contributed by atoms with van der Waals surface area (Å²) in [5.41, 5.74) is 10.1. The highest BCUT2D eigenvalue weighted by Crippen LogP contribution is 2.38. The van der Waals surface area contributed by atoms with Crippen molar-refractivity contribution in [1.82, 2.24) is 14.5 Å². The number of hydrogen-bond acceptors (Lipinski definition) is 6. The summed E-state index contributed by atoms with van der Waals surface area (Å²) in [6.45, 7) is 7.14. The van der Waals surface area contributed by atoms with Gasteiger partial charge in [-0.25, -0.2) is 4.39 Å².